The molecule has 0 amide bonds. The monoisotopic (exact) mass is 478 g/mol. The van der Waals surface area contributed by atoms with Gasteiger partial charge in [0.1, 0.15) is 6.10 Å². The normalized spacial score (nSPS) is 13.1. The number of hydrogen-bond acceptors (Lipinski definition) is 2. The molecule has 0 bridgehead atoms. The Bertz CT molecular complexity index is 506. The first-order chi connectivity index (χ1) is 15.9. The molecule has 0 fully saturated rings. The third-order valence-corrected chi connectivity index (χ3v) is 6.63. The predicted octanol–water partition coefficient (Wildman–Crippen LogP) is 11.0. The maximum absolute atomic E-state index is 12.5. The Kier molecular flexibility index (Phi) is 19.0. The fraction of sp³-hybridized carbons (Fsp3) is 0.906. The summed E-state index contributed by atoms with van der Waals surface area (Å²) in [6.07, 6.45) is 23.3. The molecule has 34 heavy (non-hydrogen) atoms. The molecule has 0 aromatic heterocycles. The SMILES string of the molecule is C=C(CC(C)(C)C)C(CCC(C)(C)C)OC(=O)CCCCCCCCCCCCCCCCC. The van der Waals surface area contributed by atoms with Gasteiger partial charge in [0.15, 0.2) is 0 Å². The molecule has 1 atom stereocenters. The van der Waals surface area contributed by atoms with Crippen LogP contribution < -0.4 is 0 Å². The van der Waals surface area contributed by atoms with Gasteiger partial charge in [-0.2, -0.15) is 0 Å². The molecular formula is C32H62O2. The van der Waals surface area contributed by atoms with Crippen LogP contribution in [-0.4, -0.2) is 12.1 Å². The molecule has 0 rings (SSSR count). The second-order valence-electron chi connectivity index (χ2n) is 13.2. The number of unbranched alkanes of at least 4 members (excludes halogenated alkanes) is 14. The van der Waals surface area contributed by atoms with Gasteiger partial charge in [-0.1, -0.05) is 145 Å². The molecule has 202 valence electrons. The van der Waals surface area contributed by atoms with Crippen molar-refractivity contribution >= 4 is 5.97 Å². The van der Waals surface area contributed by atoms with Crippen LogP contribution in [0, 0.1) is 10.8 Å². The summed E-state index contributed by atoms with van der Waals surface area (Å²) in [6, 6.07) is 0. The smallest absolute Gasteiger partial charge is 0.306 e. The van der Waals surface area contributed by atoms with Gasteiger partial charge in [0, 0.05) is 6.42 Å². The summed E-state index contributed by atoms with van der Waals surface area (Å²) >= 11 is 0. The molecule has 1 unspecified atom stereocenters. The van der Waals surface area contributed by atoms with Gasteiger partial charge in [-0.25, -0.2) is 0 Å². The number of hydrogen-bond donors (Lipinski definition) is 0. The lowest BCUT2D eigenvalue weighted by Gasteiger charge is -2.28. The summed E-state index contributed by atoms with van der Waals surface area (Å²) in [5.41, 5.74) is 1.47. The Morgan fingerprint density at radius 2 is 1.09 bits per heavy atom. The van der Waals surface area contributed by atoms with Crippen LogP contribution in [0.25, 0.3) is 0 Å². The average Bonchev–Trinajstić information content (AvgIpc) is 2.72. The van der Waals surface area contributed by atoms with Gasteiger partial charge in [0.2, 0.25) is 0 Å². The summed E-state index contributed by atoms with van der Waals surface area (Å²) in [6.45, 7) is 20.0. The summed E-state index contributed by atoms with van der Waals surface area (Å²) in [7, 11) is 0. The fourth-order valence-electron chi connectivity index (χ4n) is 4.56. The molecular weight excluding hydrogens is 416 g/mol. The molecule has 0 saturated heterocycles. The highest BCUT2D eigenvalue weighted by Gasteiger charge is 2.24. The van der Waals surface area contributed by atoms with E-state index in [1.807, 2.05) is 0 Å². The molecule has 0 aliphatic heterocycles. The lowest BCUT2D eigenvalue weighted by molar-refractivity contribution is -0.148. The molecule has 2 heteroatoms. The highest BCUT2D eigenvalue weighted by Crippen LogP contribution is 2.30. The van der Waals surface area contributed by atoms with E-state index in [1.165, 1.54) is 83.5 Å². The molecule has 0 saturated carbocycles. The summed E-state index contributed by atoms with van der Waals surface area (Å²) in [4.78, 5) is 12.5. The van der Waals surface area contributed by atoms with Gasteiger partial charge < -0.3 is 4.74 Å². The minimum absolute atomic E-state index is 0.0383. The minimum atomic E-state index is -0.137. The lowest BCUT2D eigenvalue weighted by Crippen LogP contribution is -2.24. The molecule has 0 aromatic rings. The van der Waals surface area contributed by atoms with E-state index in [0.717, 1.165) is 37.7 Å². The largest absolute Gasteiger partial charge is 0.458 e. The van der Waals surface area contributed by atoms with Crippen LogP contribution in [-0.2, 0) is 9.53 Å². The van der Waals surface area contributed by atoms with Crippen LogP contribution in [0.4, 0.5) is 0 Å². The van der Waals surface area contributed by atoms with Crippen LogP contribution in [0.15, 0.2) is 12.2 Å². The zero-order valence-corrected chi connectivity index (χ0v) is 24.5. The minimum Gasteiger partial charge on any atom is -0.458 e. The maximum Gasteiger partial charge on any atom is 0.306 e. The van der Waals surface area contributed by atoms with E-state index in [2.05, 4.69) is 55.0 Å². The van der Waals surface area contributed by atoms with E-state index in [9.17, 15) is 4.79 Å². The van der Waals surface area contributed by atoms with E-state index in [-0.39, 0.29) is 22.9 Å². The lowest BCUT2D eigenvalue weighted by atomic mass is 9.83. The van der Waals surface area contributed by atoms with Gasteiger partial charge in [0.25, 0.3) is 0 Å². The van der Waals surface area contributed by atoms with Gasteiger partial charge in [-0.15, -0.1) is 0 Å². The highest BCUT2D eigenvalue weighted by molar-refractivity contribution is 5.69. The zero-order valence-electron chi connectivity index (χ0n) is 24.5. The molecule has 0 spiro atoms. The van der Waals surface area contributed by atoms with Gasteiger partial charge in [-0.3, -0.25) is 4.79 Å². The van der Waals surface area contributed by atoms with Crippen LogP contribution in [0.3, 0.4) is 0 Å². The van der Waals surface area contributed by atoms with Gasteiger partial charge >= 0.3 is 5.97 Å². The van der Waals surface area contributed by atoms with Crippen LogP contribution in [0.2, 0.25) is 0 Å². The first-order valence-corrected chi connectivity index (χ1v) is 14.8. The van der Waals surface area contributed by atoms with Crippen molar-refractivity contribution in [1.29, 1.82) is 0 Å². The summed E-state index contributed by atoms with van der Waals surface area (Å²) < 4.78 is 5.93. The van der Waals surface area contributed by atoms with Crippen molar-refractivity contribution in [2.75, 3.05) is 0 Å². The first-order valence-electron chi connectivity index (χ1n) is 14.8. The van der Waals surface area contributed by atoms with Gasteiger partial charge in [0.05, 0.1) is 0 Å². The van der Waals surface area contributed by atoms with Crippen molar-refractivity contribution in [1.82, 2.24) is 0 Å². The summed E-state index contributed by atoms with van der Waals surface area (Å²) in [5.74, 6) is -0.0383. The Balaban J connectivity index is 3.89. The van der Waals surface area contributed by atoms with Crippen molar-refractivity contribution in [3.63, 3.8) is 0 Å². The first kappa shape index (κ1) is 33.2. The van der Waals surface area contributed by atoms with Crippen molar-refractivity contribution in [3.05, 3.63) is 12.2 Å². The van der Waals surface area contributed by atoms with Gasteiger partial charge in [-0.05, 0) is 42.1 Å². The molecule has 0 aliphatic carbocycles. The van der Waals surface area contributed by atoms with E-state index < -0.39 is 0 Å². The van der Waals surface area contributed by atoms with E-state index >= 15 is 0 Å². The molecule has 0 aliphatic rings. The average molecular weight is 479 g/mol. The standard InChI is InChI=1S/C32H62O2/c1-9-10-11-12-13-14-15-16-17-18-19-20-21-22-23-24-30(33)34-29(25-26-31(3,4)5)28(2)27-32(6,7)8/h29H,2,9-27H2,1,3-8H3. The van der Waals surface area contributed by atoms with Crippen molar-refractivity contribution < 1.29 is 9.53 Å². The molecule has 2 nitrogen and oxygen atoms in total. The van der Waals surface area contributed by atoms with Crippen LogP contribution >= 0.6 is 0 Å². The Hall–Kier alpha value is -0.790. The molecule has 0 radical (unpaired) electrons. The Labute approximate surface area is 215 Å². The quantitative estimate of drug-likeness (QED) is 0.0931. The van der Waals surface area contributed by atoms with Crippen molar-refractivity contribution in [2.24, 2.45) is 10.8 Å². The number of ether oxygens (including phenoxy) is 1. The predicted molar refractivity (Wildman–Crippen MR) is 151 cm³/mol. The summed E-state index contributed by atoms with van der Waals surface area (Å²) in [5, 5.41) is 0. The highest BCUT2D eigenvalue weighted by atomic mass is 16.5. The van der Waals surface area contributed by atoms with Crippen LogP contribution in [0.5, 0.6) is 0 Å². The topological polar surface area (TPSA) is 26.3 Å². The third-order valence-electron chi connectivity index (χ3n) is 6.63. The van der Waals surface area contributed by atoms with E-state index in [1.54, 1.807) is 0 Å². The van der Waals surface area contributed by atoms with E-state index in [0.29, 0.717) is 6.42 Å². The van der Waals surface area contributed by atoms with Crippen molar-refractivity contribution in [2.45, 2.75) is 177 Å². The second-order valence-corrected chi connectivity index (χ2v) is 13.2. The van der Waals surface area contributed by atoms with Crippen molar-refractivity contribution in [3.8, 4) is 0 Å². The maximum atomic E-state index is 12.5. The van der Waals surface area contributed by atoms with E-state index in [4.69, 9.17) is 4.74 Å². The Morgan fingerprint density at radius 3 is 1.47 bits per heavy atom. The number of carbonyl (C=O) groups excluding carboxylic acids is 1. The number of rotatable bonds is 21. The number of esters is 1. The fourth-order valence-corrected chi connectivity index (χ4v) is 4.56. The molecule has 0 aromatic carbocycles. The second kappa shape index (κ2) is 19.4. The molecule has 0 N–H and O–H groups in total. The Morgan fingerprint density at radius 1 is 0.676 bits per heavy atom. The molecule has 0 heterocycles. The van der Waals surface area contributed by atoms with Crippen LogP contribution in [0.1, 0.15) is 170 Å². The third kappa shape index (κ3) is 23.0. The number of carbonyl (C=O) groups is 1. The zero-order chi connectivity index (χ0) is 25.9.